The molecule has 1 rings (SSSR count). The molecule has 0 fully saturated rings. The summed E-state index contributed by atoms with van der Waals surface area (Å²) in [6.07, 6.45) is -1.51. The van der Waals surface area contributed by atoms with Crippen LogP contribution in [0.5, 0.6) is 0 Å². The van der Waals surface area contributed by atoms with E-state index >= 15 is 0 Å². The summed E-state index contributed by atoms with van der Waals surface area (Å²) in [6, 6.07) is 2.47. The molecule has 17 heavy (non-hydrogen) atoms. The van der Waals surface area contributed by atoms with E-state index in [4.69, 9.17) is 4.74 Å². The maximum Gasteiger partial charge on any atom is 0.143 e. The maximum absolute atomic E-state index is 13.6. The van der Waals surface area contributed by atoms with Crippen molar-refractivity contribution in [2.45, 2.75) is 32.5 Å². The molecular weight excluding hydrogens is 294 g/mol. The topological polar surface area (TPSA) is 29.5 Å². The lowest BCUT2D eigenvalue weighted by Gasteiger charge is -2.19. The summed E-state index contributed by atoms with van der Waals surface area (Å²) < 4.78 is 32.4. The van der Waals surface area contributed by atoms with E-state index in [0.29, 0.717) is 6.61 Å². The second kappa shape index (κ2) is 6.42. The predicted molar refractivity (Wildman–Crippen MR) is 64.9 cm³/mol. The Morgan fingerprint density at radius 1 is 1.41 bits per heavy atom. The zero-order chi connectivity index (χ0) is 13.0. The van der Waals surface area contributed by atoms with Crippen molar-refractivity contribution in [3.63, 3.8) is 0 Å². The second-order valence-electron chi connectivity index (χ2n) is 3.75. The molecule has 5 heteroatoms. The van der Waals surface area contributed by atoms with E-state index in [1.807, 2.05) is 0 Å². The highest BCUT2D eigenvalue weighted by Gasteiger charge is 2.20. The third-order valence-corrected chi connectivity index (χ3v) is 3.14. The van der Waals surface area contributed by atoms with Gasteiger partial charge in [-0.2, -0.15) is 0 Å². The number of hydrogen-bond acceptors (Lipinski definition) is 2. The fourth-order valence-corrected chi connectivity index (χ4v) is 1.88. The highest BCUT2D eigenvalue weighted by Crippen LogP contribution is 2.23. The van der Waals surface area contributed by atoms with Crippen LogP contribution in [0.1, 0.15) is 19.4 Å². The van der Waals surface area contributed by atoms with Gasteiger partial charge in [0.1, 0.15) is 11.6 Å². The van der Waals surface area contributed by atoms with E-state index in [1.54, 1.807) is 13.8 Å². The minimum absolute atomic E-state index is 0.113. The van der Waals surface area contributed by atoms with Gasteiger partial charge in [-0.1, -0.05) is 0 Å². The van der Waals surface area contributed by atoms with E-state index in [9.17, 15) is 13.9 Å². The Morgan fingerprint density at radius 2 is 2.06 bits per heavy atom. The molecule has 0 amide bonds. The van der Waals surface area contributed by atoms with Crippen molar-refractivity contribution >= 4 is 15.9 Å². The molecule has 1 aromatic rings. The fourth-order valence-electron chi connectivity index (χ4n) is 1.51. The first-order valence-corrected chi connectivity index (χ1v) is 6.18. The summed E-state index contributed by atoms with van der Waals surface area (Å²) in [4.78, 5) is 0. The van der Waals surface area contributed by atoms with Gasteiger partial charge < -0.3 is 9.84 Å². The Labute approximate surface area is 108 Å². The second-order valence-corrected chi connectivity index (χ2v) is 4.61. The minimum Gasteiger partial charge on any atom is -0.390 e. The maximum atomic E-state index is 13.6. The number of rotatable bonds is 5. The molecule has 0 radical (unpaired) electrons. The monoisotopic (exact) mass is 308 g/mol. The van der Waals surface area contributed by atoms with Crippen LogP contribution < -0.4 is 0 Å². The molecule has 0 aliphatic carbocycles. The highest BCUT2D eigenvalue weighted by molar-refractivity contribution is 9.10. The standard InChI is InChI=1S/C12H15BrF2O2/c1-3-17-7(2)11(16)6-8-10(14)5-4-9(13)12(8)15/h4-5,7,11,16H,3,6H2,1-2H3. The Hall–Kier alpha value is -0.520. The van der Waals surface area contributed by atoms with Crippen molar-refractivity contribution in [2.24, 2.45) is 0 Å². The molecule has 0 bridgehead atoms. The van der Waals surface area contributed by atoms with Crippen LogP contribution in [0.3, 0.4) is 0 Å². The van der Waals surface area contributed by atoms with Gasteiger partial charge in [0.25, 0.3) is 0 Å². The van der Waals surface area contributed by atoms with Crippen molar-refractivity contribution in [1.82, 2.24) is 0 Å². The zero-order valence-electron chi connectivity index (χ0n) is 9.71. The Balaban J connectivity index is 2.84. The zero-order valence-corrected chi connectivity index (χ0v) is 11.3. The van der Waals surface area contributed by atoms with Crippen LogP contribution >= 0.6 is 15.9 Å². The van der Waals surface area contributed by atoms with Gasteiger partial charge in [0, 0.05) is 18.6 Å². The van der Waals surface area contributed by atoms with Gasteiger partial charge in [-0.05, 0) is 41.9 Å². The molecule has 2 atom stereocenters. The van der Waals surface area contributed by atoms with E-state index in [1.165, 1.54) is 12.1 Å². The van der Waals surface area contributed by atoms with Crippen molar-refractivity contribution in [2.75, 3.05) is 6.61 Å². The molecule has 1 aromatic carbocycles. The molecule has 1 N–H and O–H groups in total. The van der Waals surface area contributed by atoms with Crippen molar-refractivity contribution in [1.29, 1.82) is 0 Å². The first-order chi connectivity index (χ1) is 7.97. The third-order valence-electron chi connectivity index (χ3n) is 2.52. The van der Waals surface area contributed by atoms with E-state index in [-0.39, 0.29) is 16.5 Å². The first kappa shape index (κ1) is 14.5. The number of halogens is 3. The Bertz CT molecular complexity index is 385. The van der Waals surface area contributed by atoms with Gasteiger partial charge in [0.2, 0.25) is 0 Å². The van der Waals surface area contributed by atoms with Crippen LogP contribution in [0.15, 0.2) is 16.6 Å². The lowest BCUT2D eigenvalue weighted by Crippen LogP contribution is -2.28. The van der Waals surface area contributed by atoms with Crippen LogP contribution in [0.25, 0.3) is 0 Å². The molecular formula is C12H15BrF2O2. The molecule has 2 nitrogen and oxygen atoms in total. The van der Waals surface area contributed by atoms with Crippen LogP contribution in [0.2, 0.25) is 0 Å². The fraction of sp³-hybridized carbons (Fsp3) is 0.500. The van der Waals surface area contributed by atoms with Gasteiger partial charge in [-0.25, -0.2) is 8.78 Å². The lowest BCUT2D eigenvalue weighted by molar-refractivity contribution is -0.0214. The molecule has 0 saturated heterocycles. The van der Waals surface area contributed by atoms with Gasteiger partial charge in [0.15, 0.2) is 0 Å². The number of ether oxygens (including phenoxy) is 1. The summed E-state index contributed by atoms with van der Waals surface area (Å²) in [5.41, 5.74) is -0.126. The van der Waals surface area contributed by atoms with Gasteiger partial charge in [-0.3, -0.25) is 0 Å². The van der Waals surface area contributed by atoms with E-state index in [0.717, 1.165) is 0 Å². The van der Waals surface area contributed by atoms with Crippen molar-refractivity contribution in [3.8, 4) is 0 Å². The average molecular weight is 309 g/mol. The SMILES string of the molecule is CCOC(C)C(O)Cc1c(F)ccc(Br)c1F. The normalized spacial score (nSPS) is 14.7. The van der Waals surface area contributed by atoms with Crippen LogP contribution in [-0.4, -0.2) is 23.9 Å². The van der Waals surface area contributed by atoms with Crippen molar-refractivity contribution < 1.29 is 18.6 Å². The number of aliphatic hydroxyl groups is 1. The molecule has 96 valence electrons. The Morgan fingerprint density at radius 3 is 2.65 bits per heavy atom. The van der Waals surface area contributed by atoms with Crippen LogP contribution in [0, 0.1) is 11.6 Å². The highest BCUT2D eigenvalue weighted by atomic mass is 79.9. The molecule has 2 unspecified atom stereocenters. The number of hydrogen-bond donors (Lipinski definition) is 1. The average Bonchev–Trinajstić information content (AvgIpc) is 2.29. The molecule has 0 spiro atoms. The molecule has 0 heterocycles. The Kier molecular flexibility index (Phi) is 5.49. The van der Waals surface area contributed by atoms with E-state index in [2.05, 4.69) is 15.9 Å². The van der Waals surface area contributed by atoms with E-state index < -0.39 is 23.8 Å². The van der Waals surface area contributed by atoms with Gasteiger partial charge >= 0.3 is 0 Å². The number of aliphatic hydroxyl groups excluding tert-OH is 1. The quantitative estimate of drug-likeness (QED) is 0.847. The van der Waals surface area contributed by atoms with Gasteiger partial charge in [-0.15, -0.1) is 0 Å². The van der Waals surface area contributed by atoms with Crippen molar-refractivity contribution in [3.05, 3.63) is 33.8 Å². The third kappa shape index (κ3) is 3.72. The minimum atomic E-state index is -0.937. The summed E-state index contributed by atoms with van der Waals surface area (Å²) in [7, 11) is 0. The lowest BCUT2D eigenvalue weighted by atomic mass is 10.0. The summed E-state index contributed by atoms with van der Waals surface area (Å²) in [5.74, 6) is -1.33. The molecule has 0 aromatic heterocycles. The summed E-state index contributed by atoms with van der Waals surface area (Å²) >= 11 is 2.98. The van der Waals surface area contributed by atoms with Gasteiger partial charge in [0.05, 0.1) is 16.7 Å². The molecule has 0 saturated carbocycles. The summed E-state index contributed by atoms with van der Waals surface area (Å²) in [6.45, 7) is 3.91. The van der Waals surface area contributed by atoms with Crippen LogP contribution in [0.4, 0.5) is 8.78 Å². The predicted octanol–water partition coefficient (Wildman–Crippen LogP) is 3.06. The molecule has 0 aliphatic rings. The number of benzene rings is 1. The molecule has 0 aliphatic heterocycles. The summed E-state index contributed by atoms with van der Waals surface area (Å²) in [5, 5.41) is 9.77. The first-order valence-electron chi connectivity index (χ1n) is 5.39. The smallest absolute Gasteiger partial charge is 0.143 e. The largest absolute Gasteiger partial charge is 0.390 e. The van der Waals surface area contributed by atoms with Crippen LogP contribution in [-0.2, 0) is 11.2 Å².